The Kier molecular flexibility index (Phi) is 3.80. The summed E-state index contributed by atoms with van der Waals surface area (Å²) >= 11 is 0. The number of hydrogen-bond acceptors (Lipinski definition) is 2. The lowest BCUT2D eigenvalue weighted by molar-refractivity contribution is 0.325. The van der Waals surface area contributed by atoms with Gasteiger partial charge in [-0.05, 0) is 25.0 Å². The summed E-state index contributed by atoms with van der Waals surface area (Å²) in [6.45, 7) is 0.516. The Labute approximate surface area is 107 Å². The van der Waals surface area contributed by atoms with Crippen LogP contribution in [0, 0.1) is 0 Å². The maximum absolute atomic E-state index is 11.6. The van der Waals surface area contributed by atoms with E-state index in [4.69, 9.17) is 10.7 Å². The van der Waals surface area contributed by atoms with E-state index in [1.807, 2.05) is 29.9 Å². The van der Waals surface area contributed by atoms with Gasteiger partial charge in [0.25, 0.3) is 9.24 Å². The van der Waals surface area contributed by atoms with Gasteiger partial charge in [-0.2, -0.15) is 12.7 Å². The zero-order valence-corrected chi connectivity index (χ0v) is 11.4. The SMILES string of the molecule is Cn1cccc1C1CCCCCN1S(=O)(=O)Cl. The number of hydrogen-bond donors (Lipinski definition) is 0. The van der Waals surface area contributed by atoms with E-state index in [2.05, 4.69) is 0 Å². The smallest absolute Gasteiger partial charge is 0.300 e. The van der Waals surface area contributed by atoms with Gasteiger partial charge in [-0.25, -0.2) is 0 Å². The molecule has 4 nitrogen and oxygen atoms in total. The molecule has 1 aliphatic rings. The van der Waals surface area contributed by atoms with Crippen LogP contribution in [0.15, 0.2) is 18.3 Å². The van der Waals surface area contributed by atoms with E-state index in [1.165, 1.54) is 4.31 Å². The molecular formula is C11H17ClN2O2S. The third-order valence-corrected chi connectivity index (χ3v) is 4.84. The first-order valence-corrected chi connectivity index (χ1v) is 8.09. The van der Waals surface area contributed by atoms with E-state index in [-0.39, 0.29) is 6.04 Å². The average molecular weight is 277 g/mol. The summed E-state index contributed by atoms with van der Waals surface area (Å²) in [4.78, 5) is 0. The van der Waals surface area contributed by atoms with Crippen LogP contribution in [-0.4, -0.2) is 23.8 Å². The molecule has 2 heterocycles. The monoisotopic (exact) mass is 276 g/mol. The predicted molar refractivity (Wildman–Crippen MR) is 68.1 cm³/mol. The van der Waals surface area contributed by atoms with Gasteiger partial charge in [-0.1, -0.05) is 12.8 Å². The molecule has 6 heteroatoms. The molecule has 0 radical (unpaired) electrons. The molecule has 17 heavy (non-hydrogen) atoms. The number of aromatic nitrogens is 1. The summed E-state index contributed by atoms with van der Waals surface area (Å²) in [6, 6.07) is 3.77. The maximum atomic E-state index is 11.6. The molecule has 1 fully saturated rings. The van der Waals surface area contributed by atoms with E-state index in [0.29, 0.717) is 6.54 Å². The van der Waals surface area contributed by atoms with Crippen molar-refractivity contribution in [2.45, 2.75) is 31.7 Å². The van der Waals surface area contributed by atoms with E-state index >= 15 is 0 Å². The highest BCUT2D eigenvalue weighted by Crippen LogP contribution is 2.33. The molecule has 1 aromatic rings. The first-order valence-electron chi connectivity index (χ1n) is 5.83. The fourth-order valence-corrected chi connectivity index (χ4v) is 3.82. The van der Waals surface area contributed by atoms with Crippen molar-refractivity contribution in [1.82, 2.24) is 8.87 Å². The van der Waals surface area contributed by atoms with Gasteiger partial charge in [-0.15, -0.1) is 0 Å². The van der Waals surface area contributed by atoms with Gasteiger partial charge in [0.2, 0.25) is 0 Å². The lowest BCUT2D eigenvalue weighted by Gasteiger charge is -2.26. The first kappa shape index (κ1) is 12.9. The zero-order valence-electron chi connectivity index (χ0n) is 9.84. The summed E-state index contributed by atoms with van der Waals surface area (Å²) in [6.07, 6.45) is 5.75. The van der Waals surface area contributed by atoms with Gasteiger partial charge in [0.05, 0.1) is 6.04 Å². The topological polar surface area (TPSA) is 42.3 Å². The van der Waals surface area contributed by atoms with Gasteiger partial charge >= 0.3 is 0 Å². The van der Waals surface area contributed by atoms with E-state index < -0.39 is 9.24 Å². The second kappa shape index (κ2) is 5.00. The Morgan fingerprint density at radius 3 is 2.71 bits per heavy atom. The van der Waals surface area contributed by atoms with Gasteiger partial charge in [0.1, 0.15) is 0 Å². The molecule has 1 saturated heterocycles. The summed E-state index contributed by atoms with van der Waals surface area (Å²) in [5.41, 5.74) is 1.01. The van der Waals surface area contributed by atoms with Crippen molar-refractivity contribution >= 4 is 19.9 Å². The molecule has 1 atom stereocenters. The minimum Gasteiger partial charge on any atom is -0.353 e. The Balaban J connectivity index is 2.37. The van der Waals surface area contributed by atoms with Crippen molar-refractivity contribution in [2.24, 2.45) is 7.05 Å². The van der Waals surface area contributed by atoms with Gasteiger partial charge < -0.3 is 4.57 Å². The Morgan fingerprint density at radius 1 is 1.35 bits per heavy atom. The molecule has 0 aliphatic carbocycles. The van der Waals surface area contributed by atoms with Crippen molar-refractivity contribution in [1.29, 1.82) is 0 Å². The summed E-state index contributed by atoms with van der Waals surface area (Å²) in [5, 5.41) is 0. The van der Waals surface area contributed by atoms with E-state index in [0.717, 1.165) is 31.4 Å². The normalized spacial score (nSPS) is 23.5. The molecule has 0 N–H and O–H groups in total. The standard InChI is InChI=1S/C11H17ClN2O2S/c1-13-8-5-7-10(13)11-6-3-2-4-9-14(11)17(12,15)16/h5,7-8,11H,2-4,6,9H2,1H3. The fraction of sp³-hybridized carbons (Fsp3) is 0.636. The Hall–Kier alpha value is -0.520. The average Bonchev–Trinajstić information content (AvgIpc) is 2.52. The number of rotatable bonds is 2. The highest BCUT2D eigenvalue weighted by Gasteiger charge is 2.31. The van der Waals surface area contributed by atoms with Gasteiger partial charge in [0, 0.05) is 36.2 Å². The molecule has 0 spiro atoms. The molecule has 1 aromatic heterocycles. The minimum absolute atomic E-state index is 0.125. The molecule has 0 amide bonds. The molecule has 1 aliphatic heterocycles. The third-order valence-electron chi connectivity index (χ3n) is 3.31. The molecule has 0 saturated carbocycles. The van der Waals surface area contributed by atoms with Crippen LogP contribution in [-0.2, 0) is 16.3 Å². The lowest BCUT2D eigenvalue weighted by atomic mass is 10.1. The Morgan fingerprint density at radius 2 is 2.12 bits per heavy atom. The van der Waals surface area contributed by atoms with E-state index in [1.54, 1.807) is 0 Å². The fourth-order valence-electron chi connectivity index (χ4n) is 2.46. The summed E-state index contributed by atoms with van der Waals surface area (Å²) in [5.74, 6) is 0. The first-order chi connectivity index (χ1) is 8.00. The lowest BCUT2D eigenvalue weighted by Crippen LogP contribution is -2.32. The molecular weight excluding hydrogens is 260 g/mol. The van der Waals surface area contributed by atoms with Crippen LogP contribution in [0.2, 0.25) is 0 Å². The number of nitrogens with zero attached hydrogens (tertiary/aromatic N) is 2. The van der Waals surface area contributed by atoms with Crippen LogP contribution in [0.3, 0.4) is 0 Å². The number of aryl methyl sites for hydroxylation is 1. The highest BCUT2D eigenvalue weighted by atomic mass is 35.7. The summed E-state index contributed by atoms with van der Waals surface area (Å²) in [7, 11) is 3.82. The van der Waals surface area contributed by atoms with Crippen LogP contribution >= 0.6 is 10.7 Å². The highest BCUT2D eigenvalue weighted by molar-refractivity contribution is 8.11. The molecule has 2 rings (SSSR count). The second-order valence-electron chi connectivity index (χ2n) is 4.46. The molecule has 1 unspecified atom stereocenters. The van der Waals surface area contributed by atoms with Crippen molar-refractivity contribution < 1.29 is 8.42 Å². The predicted octanol–water partition coefficient (Wildman–Crippen LogP) is 2.43. The van der Waals surface area contributed by atoms with Crippen LogP contribution in [0.25, 0.3) is 0 Å². The second-order valence-corrected chi connectivity index (χ2v) is 6.93. The zero-order chi connectivity index (χ0) is 12.5. The van der Waals surface area contributed by atoms with Crippen LogP contribution < -0.4 is 0 Å². The Bertz CT molecular complexity index is 483. The molecule has 0 bridgehead atoms. The van der Waals surface area contributed by atoms with Crippen molar-refractivity contribution in [3.8, 4) is 0 Å². The quantitative estimate of drug-likeness (QED) is 0.779. The molecule has 0 aromatic carbocycles. The maximum Gasteiger partial charge on any atom is 0.300 e. The van der Waals surface area contributed by atoms with Crippen LogP contribution in [0.5, 0.6) is 0 Å². The van der Waals surface area contributed by atoms with Gasteiger partial charge in [-0.3, -0.25) is 0 Å². The van der Waals surface area contributed by atoms with Crippen LogP contribution in [0.4, 0.5) is 0 Å². The number of halogens is 1. The van der Waals surface area contributed by atoms with Gasteiger partial charge in [0.15, 0.2) is 0 Å². The minimum atomic E-state index is -3.65. The largest absolute Gasteiger partial charge is 0.353 e. The van der Waals surface area contributed by atoms with Crippen molar-refractivity contribution in [2.75, 3.05) is 6.54 Å². The molecule has 96 valence electrons. The van der Waals surface area contributed by atoms with Crippen LogP contribution in [0.1, 0.15) is 37.4 Å². The van der Waals surface area contributed by atoms with Crippen molar-refractivity contribution in [3.05, 3.63) is 24.0 Å². The van der Waals surface area contributed by atoms with Crippen molar-refractivity contribution in [3.63, 3.8) is 0 Å². The summed E-state index contributed by atoms with van der Waals surface area (Å²) < 4.78 is 26.7. The third kappa shape index (κ3) is 2.84. The van der Waals surface area contributed by atoms with E-state index in [9.17, 15) is 8.42 Å².